The molecule has 3 rings (SSSR count). The van der Waals surface area contributed by atoms with Crippen LogP contribution in [0.4, 0.5) is 5.69 Å². The molecule has 0 aromatic heterocycles. The quantitative estimate of drug-likeness (QED) is 0.567. The maximum absolute atomic E-state index is 12.4. The molecule has 9 heteroatoms. The number of nitrogens with zero attached hydrogens (tertiary/aromatic N) is 2. The number of ether oxygens (including phenoxy) is 2. The van der Waals surface area contributed by atoms with Crippen LogP contribution >= 0.6 is 0 Å². The normalized spacial score (nSPS) is 27.0. The molecule has 9 nitrogen and oxygen atoms in total. The van der Waals surface area contributed by atoms with Gasteiger partial charge < -0.3 is 34.8 Å². The Morgan fingerprint density at radius 1 is 1.10 bits per heavy atom. The summed E-state index contributed by atoms with van der Waals surface area (Å²) < 4.78 is 10.9. The second kappa shape index (κ2) is 9.53. The third-order valence-corrected chi connectivity index (χ3v) is 5.31. The topological polar surface area (TPSA) is 112 Å². The maximum Gasteiger partial charge on any atom is 0.251 e. The van der Waals surface area contributed by atoms with E-state index in [0.717, 1.165) is 5.69 Å². The third-order valence-electron chi connectivity index (χ3n) is 5.31. The molecule has 3 N–H and O–H groups in total. The Morgan fingerprint density at radius 3 is 2.34 bits per heavy atom. The van der Waals surface area contributed by atoms with Gasteiger partial charge in [0, 0.05) is 45.0 Å². The van der Waals surface area contributed by atoms with Crippen molar-refractivity contribution in [1.82, 2.24) is 10.2 Å². The van der Waals surface area contributed by atoms with Crippen molar-refractivity contribution in [3.05, 3.63) is 29.8 Å². The lowest BCUT2D eigenvalue weighted by Crippen LogP contribution is -2.43. The number of morpholine rings is 1. The van der Waals surface area contributed by atoms with Crippen LogP contribution in [-0.4, -0.2) is 98.3 Å². The minimum Gasteiger partial charge on any atom is -0.388 e. The van der Waals surface area contributed by atoms with Gasteiger partial charge in [-0.05, 0) is 24.3 Å². The zero-order valence-electron chi connectivity index (χ0n) is 16.8. The Bertz CT molecular complexity index is 705. The molecule has 1 aromatic carbocycles. The lowest BCUT2D eigenvalue weighted by molar-refractivity contribution is -0.139. The first kappa shape index (κ1) is 21.5. The van der Waals surface area contributed by atoms with Gasteiger partial charge in [-0.3, -0.25) is 9.59 Å². The minimum absolute atomic E-state index is 0.0192. The third kappa shape index (κ3) is 5.24. The van der Waals surface area contributed by atoms with Crippen molar-refractivity contribution in [2.24, 2.45) is 0 Å². The first-order valence-corrected chi connectivity index (χ1v) is 9.79. The van der Waals surface area contributed by atoms with Crippen LogP contribution in [0.1, 0.15) is 16.8 Å². The van der Waals surface area contributed by atoms with E-state index in [9.17, 15) is 19.8 Å². The van der Waals surface area contributed by atoms with Gasteiger partial charge in [-0.1, -0.05) is 0 Å². The van der Waals surface area contributed by atoms with E-state index in [0.29, 0.717) is 31.9 Å². The fourth-order valence-electron chi connectivity index (χ4n) is 3.48. The van der Waals surface area contributed by atoms with Crippen LogP contribution in [0.2, 0.25) is 0 Å². The molecule has 2 aliphatic heterocycles. The summed E-state index contributed by atoms with van der Waals surface area (Å²) in [6.45, 7) is 2.04. The van der Waals surface area contributed by atoms with Crippen molar-refractivity contribution in [1.29, 1.82) is 0 Å². The van der Waals surface area contributed by atoms with Crippen LogP contribution in [0.5, 0.6) is 0 Å². The summed E-state index contributed by atoms with van der Waals surface area (Å²) in [6, 6.07) is 7.12. The summed E-state index contributed by atoms with van der Waals surface area (Å²) >= 11 is 0. The Kier molecular flexibility index (Phi) is 7.07. The molecule has 0 saturated carbocycles. The summed E-state index contributed by atoms with van der Waals surface area (Å²) in [7, 11) is 3.83. The molecule has 2 aliphatic rings. The Morgan fingerprint density at radius 2 is 1.72 bits per heavy atom. The van der Waals surface area contributed by atoms with Gasteiger partial charge >= 0.3 is 0 Å². The second-order valence-corrected chi connectivity index (χ2v) is 7.54. The van der Waals surface area contributed by atoms with E-state index in [-0.39, 0.29) is 24.8 Å². The highest BCUT2D eigenvalue weighted by atomic mass is 16.5. The van der Waals surface area contributed by atoms with Gasteiger partial charge in [-0.15, -0.1) is 0 Å². The number of carbonyl (C=O) groups is 2. The first-order valence-electron chi connectivity index (χ1n) is 9.79. The molecule has 0 aliphatic carbocycles. The van der Waals surface area contributed by atoms with Crippen molar-refractivity contribution in [3.63, 3.8) is 0 Å². The number of hydrogen-bond donors (Lipinski definition) is 3. The fraction of sp³-hybridized carbons (Fsp3) is 0.600. The minimum atomic E-state index is -1.18. The van der Waals surface area contributed by atoms with Gasteiger partial charge in [-0.25, -0.2) is 0 Å². The van der Waals surface area contributed by atoms with Crippen LogP contribution in [0.15, 0.2) is 24.3 Å². The Labute approximate surface area is 170 Å². The number of carbonyl (C=O) groups excluding carboxylic acids is 2. The standard InChI is InChI=1S/C20H29N3O6/c1-22(2)14-5-3-13(4-6-14)20(27)21-12-16-19(26)18(25)15(29-16)11-17(24)23-7-9-28-10-8-23/h3-6,15-16,18-19,25-26H,7-12H2,1-2H3,(H,21,27)/t15-,16+,18-,19+/m0/s1. The highest BCUT2D eigenvalue weighted by Gasteiger charge is 2.43. The lowest BCUT2D eigenvalue weighted by atomic mass is 10.0. The maximum atomic E-state index is 12.4. The average Bonchev–Trinajstić information content (AvgIpc) is 3.00. The number of nitrogens with one attached hydrogen (secondary N) is 1. The van der Waals surface area contributed by atoms with Crippen LogP contribution < -0.4 is 10.2 Å². The highest BCUT2D eigenvalue weighted by molar-refractivity contribution is 5.94. The Balaban J connectivity index is 1.50. The molecule has 0 unspecified atom stereocenters. The van der Waals surface area contributed by atoms with Crippen molar-refractivity contribution >= 4 is 17.5 Å². The van der Waals surface area contributed by atoms with E-state index in [1.807, 2.05) is 31.1 Å². The zero-order chi connectivity index (χ0) is 21.0. The molecule has 1 aromatic rings. The molecule has 2 amide bonds. The molecule has 0 bridgehead atoms. The lowest BCUT2D eigenvalue weighted by Gasteiger charge is -2.28. The van der Waals surface area contributed by atoms with E-state index in [4.69, 9.17) is 9.47 Å². The molecular formula is C20H29N3O6. The van der Waals surface area contributed by atoms with Gasteiger partial charge in [-0.2, -0.15) is 0 Å². The van der Waals surface area contributed by atoms with E-state index >= 15 is 0 Å². The van der Waals surface area contributed by atoms with Crippen molar-refractivity contribution in [2.45, 2.75) is 30.8 Å². The number of benzene rings is 1. The highest BCUT2D eigenvalue weighted by Crippen LogP contribution is 2.24. The summed E-state index contributed by atoms with van der Waals surface area (Å²) in [5.74, 6) is -0.441. The van der Waals surface area contributed by atoms with Gasteiger partial charge in [0.25, 0.3) is 5.91 Å². The predicted molar refractivity (Wildman–Crippen MR) is 106 cm³/mol. The van der Waals surface area contributed by atoms with E-state index in [2.05, 4.69) is 5.32 Å². The van der Waals surface area contributed by atoms with Gasteiger partial charge in [0.1, 0.15) is 18.3 Å². The summed E-state index contributed by atoms with van der Waals surface area (Å²) in [5.41, 5.74) is 1.47. The van der Waals surface area contributed by atoms with Gasteiger partial charge in [0.05, 0.1) is 25.7 Å². The second-order valence-electron chi connectivity index (χ2n) is 7.54. The van der Waals surface area contributed by atoms with Crippen LogP contribution in [0.25, 0.3) is 0 Å². The summed E-state index contributed by atoms with van der Waals surface area (Å²) in [5, 5.41) is 23.2. The van der Waals surface area contributed by atoms with Crippen molar-refractivity contribution in [3.8, 4) is 0 Å². The molecule has 2 heterocycles. The van der Waals surface area contributed by atoms with Crippen LogP contribution in [-0.2, 0) is 14.3 Å². The summed E-state index contributed by atoms with van der Waals surface area (Å²) in [6.07, 6.45) is -3.96. The number of anilines is 1. The predicted octanol–water partition coefficient (Wildman–Crippen LogP) is -0.779. The van der Waals surface area contributed by atoms with Crippen molar-refractivity contribution in [2.75, 3.05) is 51.8 Å². The van der Waals surface area contributed by atoms with Gasteiger partial charge in [0.15, 0.2) is 0 Å². The molecular weight excluding hydrogens is 378 g/mol. The Hall–Kier alpha value is -2.20. The van der Waals surface area contributed by atoms with E-state index in [1.54, 1.807) is 17.0 Å². The van der Waals surface area contributed by atoms with E-state index < -0.39 is 24.4 Å². The molecule has 2 saturated heterocycles. The number of aliphatic hydroxyl groups is 2. The molecule has 29 heavy (non-hydrogen) atoms. The van der Waals surface area contributed by atoms with Crippen molar-refractivity contribution < 1.29 is 29.3 Å². The molecule has 0 radical (unpaired) electrons. The number of rotatable bonds is 6. The first-order chi connectivity index (χ1) is 13.9. The number of hydrogen-bond acceptors (Lipinski definition) is 7. The molecule has 2 fully saturated rings. The zero-order valence-corrected chi connectivity index (χ0v) is 16.8. The van der Waals surface area contributed by atoms with Gasteiger partial charge in [0.2, 0.25) is 5.91 Å². The number of amides is 2. The SMILES string of the molecule is CN(C)c1ccc(C(=O)NC[C@H]2O[C@@H](CC(=O)N3CCOCC3)[C@H](O)[C@@H]2O)cc1. The van der Waals surface area contributed by atoms with Crippen LogP contribution in [0, 0.1) is 0 Å². The fourth-order valence-corrected chi connectivity index (χ4v) is 3.48. The molecule has 4 atom stereocenters. The average molecular weight is 407 g/mol. The molecule has 0 spiro atoms. The monoisotopic (exact) mass is 407 g/mol. The number of aliphatic hydroxyl groups excluding tert-OH is 2. The smallest absolute Gasteiger partial charge is 0.251 e. The van der Waals surface area contributed by atoms with Crippen LogP contribution in [0.3, 0.4) is 0 Å². The largest absolute Gasteiger partial charge is 0.388 e. The summed E-state index contributed by atoms with van der Waals surface area (Å²) in [4.78, 5) is 28.3. The molecule has 160 valence electrons. The van der Waals surface area contributed by atoms with E-state index in [1.165, 1.54) is 0 Å².